The molecule has 0 saturated heterocycles. The topological polar surface area (TPSA) is 56.7 Å². The number of carbonyl (C=O) groups is 1. The SMILES string of the molecule is C=C(C)CNC(=NCc1ccccc1)NCC(=O)N(C)C.I. The second kappa shape index (κ2) is 11.1. The van der Waals surface area contributed by atoms with Gasteiger partial charge in [0.05, 0.1) is 13.1 Å². The molecule has 0 unspecified atom stereocenters. The largest absolute Gasteiger partial charge is 0.353 e. The van der Waals surface area contributed by atoms with Gasteiger partial charge in [-0.3, -0.25) is 4.79 Å². The highest BCUT2D eigenvalue weighted by Gasteiger charge is 2.05. The van der Waals surface area contributed by atoms with E-state index in [1.54, 1.807) is 19.0 Å². The van der Waals surface area contributed by atoms with Crippen molar-refractivity contribution in [1.82, 2.24) is 15.5 Å². The summed E-state index contributed by atoms with van der Waals surface area (Å²) >= 11 is 0. The van der Waals surface area contributed by atoms with E-state index in [1.807, 2.05) is 37.3 Å². The number of amides is 1. The molecule has 0 aromatic heterocycles. The molecule has 0 radical (unpaired) electrons. The van der Waals surface area contributed by atoms with E-state index in [2.05, 4.69) is 22.2 Å². The van der Waals surface area contributed by atoms with Crippen molar-refractivity contribution in [3.05, 3.63) is 48.0 Å². The predicted octanol–water partition coefficient (Wildman–Crippen LogP) is 2.00. The van der Waals surface area contributed by atoms with Gasteiger partial charge < -0.3 is 15.5 Å². The first kappa shape index (κ1) is 20.4. The van der Waals surface area contributed by atoms with Crippen LogP contribution in [0.1, 0.15) is 12.5 Å². The normalized spacial score (nSPS) is 10.4. The van der Waals surface area contributed by atoms with E-state index in [4.69, 9.17) is 0 Å². The minimum Gasteiger partial charge on any atom is -0.353 e. The zero-order chi connectivity index (χ0) is 15.7. The van der Waals surface area contributed by atoms with Gasteiger partial charge in [0, 0.05) is 20.6 Å². The monoisotopic (exact) mass is 416 g/mol. The van der Waals surface area contributed by atoms with Crippen LogP contribution in [0, 0.1) is 0 Å². The fourth-order valence-electron chi connectivity index (χ4n) is 1.48. The Morgan fingerprint density at radius 3 is 2.32 bits per heavy atom. The highest BCUT2D eigenvalue weighted by atomic mass is 127. The van der Waals surface area contributed by atoms with Crippen LogP contribution < -0.4 is 10.6 Å². The highest BCUT2D eigenvalue weighted by molar-refractivity contribution is 14.0. The lowest BCUT2D eigenvalue weighted by atomic mass is 10.2. The molecule has 0 aliphatic rings. The second-order valence-electron chi connectivity index (χ2n) is 5.10. The maximum Gasteiger partial charge on any atom is 0.241 e. The highest BCUT2D eigenvalue weighted by Crippen LogP contribution is 1.99. The summed E-state index contributed by atoms with van der Waals surface area (Å²) in [5, 5.41) is 6.19. The van der Waals surface area contributed by atoms with E-state index < -0.39 is 0 Å². The van der Waals surface area contributed by atoms with Gasteiger partial charge in [-0.2, -0.15) is 0 Å². The van der Waals surface area contributed by atoms with Gasteiger partial charge in [-0.15, -0.1) is 24.0 Å². The third-order valence-corrected chi connectivity index (χ3v) is 2.73. The van der Waals surface area contributed by atoms with Crippen molar-refractivity contribution in [2.75, 3.05) is 27.2 Å². The van der Waals surface area contributed by atoms with Crippen LogP contribution in [0.15, 0.2) is 47.5 Å². The fraction of sp³-hybridized carbons (Fsp3) is 0.375. The van der Waals surface area contributed by atoms with E-state index in [-0.39, 0.29) is 36.4 Å². The van der Waals surface area contributed by atoms with Gasteiger partial charge in [-0.1, -0.05) is 42.5 Å². The van der Waals surface area contributed by atoms with Crippen LogP contribution in [0.4, 0.5) is 0 Å². The molecule has 22 heavy (non-hydrogen) atoms. The first-order valence-corrected chi connectivity index (χ1v) is 6.89. The number of guanidine groups is 1. The fourth-order valence-corrected chi connectivity index (χ4v) is 1.48. The van der Waals surface area contributed by atoms with Crippen LogP contribution in [0.25, 0.3) is 0 Å². The molecule has 6 heteroatoms. The van der Waals surface area contributed by atoms with Gasteiger partial charge >= 0.3 is 0 Å². The number of hydrogen-bond acceptors (Lipinski definition) is 2. The van der Waals surface area contributed by atoms with Crippen molar-refractivity contribution in [2.24, 2.45) is 4.99 Å². The predicted molar refractivity (Wildman–Crippen MR) is 103 cm³/mol. The summed E-state index contributed by atoms with van der Waals surface area (Å²) in [4.78, 5) is 17.6. The van der Waals surface area contributed by atoms with Crippen molar-refractivity contribution >= 4 is 35.8 Å². The molecular formula is C16H25IN4O. The number of nitrogens with one attached hydrogen (secondary N) is 2. The molecule has 0 fully saturated rings. The van der Waals surface area contributed by atoms with Crippen LogP contribution in [-0.4, -0.2) is 44.0 Å². The Labute approximate surface area is 149 Å². The zero-order valence-electron chi connectivity index (χ0n) is 13.4. The Bertz CT molecular complexity index is 500. The third-order valence-electron chi connectivity index (χ3n) is 2.73. The molecule has 0 saturated carbocycles. The molecule has 5 nitrogen and oxygen atoms in total. The summed E-state index contributed by atoms with van der Waals surface area (Å²) < 4.78 is 0. The smallest absolute Gasteiger partial charge is 0.241 e. The standard InChI is InChI=1S/C16H24N4O.HI/c1-13(2)10-17-16(19-12-15(21)20(3)4)18-11-14-8-6-5-7-9-14;/h5-9H,1,10-12H2,2-4H3,(H2,17,18,19);1H. The van der Waals surface area contributed by atoms with Crippen LogP contribution in [0.5, 0.6) is 0 Å². The Morgan fingerprint density at radius 1 is 1.18 bits per heavy atom. The molecule has 1 rings (SSSR count). The minimum atomic E-state index is -0.000430. The molecule has 0 spiro atoms. The minimum absolute atomic E-state index is 0. The molecule has 0 heterocycles. The molecule has 1 amide bonds. The number of benzene rings is 1. The molecule has 1 aromatic rings. The summed E-state index contributed by atoms with van der Waals surface area (Å²) in [5.41, 5.74) is 2.12. The number of likely N-dealkylation sites (N-methyl/N-ethyl adjacent to an activating group) is 1. The Balaban J connectivity index is 0.00000441. The summed E-state index contributed by atoms with van der Waals surface area (Å²) in [7, 11) is 3.46. The molecule has 2 N–H and O–H groups in total. The molecule has 0 bridgehead atoms. The van der Waals surface area contributed by atoms with Crippen LogP contribution in [0.2, 0.25) is 0 Å². The maximum atomic E-state index is 11.6. The van der Waals surface area contributed by atoms with Gasteiger partial charge in [0.25, 0.3) is 0 Å². The zero-order valence-corrected chi connectivity index (χ0v) is 15.8. The van der Waals surface area contributed by atoms with E-state index in [9.17, 15) is 4.79 Å². The Morgan fingerprint density at radius 2 is 1.77 bits per heavy atom. The van der Waals surface area contributed by atoms with E-state index in [0.717, 1.165) is 11.1 Å². The molecule has 1 aromatic carbocycles. The van der Waals surface area contributed by atoms with Gasteiger partial charge in [0.2, 0.25) is 5.91 Å². The van der Waals surface area contributed by atoms with Crippen LogP contribution in [-0.2, 0) is 11.3 Å². The number of nitrogens with zero attached hydrogens (tertiary/aromatic N) is 2. The number of aliphatic imine (C=N–C) groups is 1. The average Bonchev–Trinajstić information content (AvgIpc) is 2.46. The van der Waals surface area contributed by atoms with Gasteiger partial charge in [0.1, 0.15) is 0 Å². The molecular weight excluding hydrogens is 391 g/mol. The van der Waals surface area contributed by atoms with E-state index in [0.29, 0.717) is 19.0 Å². The number of hydrogen-bond donors (Lipinski definition) is 2. The average molecular weight is 416 g/mol. The lowest BCUT2D eigenvalue weighted by Gasteiger charge is -2.15. The van der Waals surface area contributed by atoms with Gasteiger partial charge in [0.15, 0.2) is 5.96 Å². The van der Waals surface area contributed by atoms with Crippen molar-refractivity contribution in [3.63, 3.8) is 0 Å². The summed E-state index contributed by atoms with van der Waals surface area (Å²) in [6, 6.07) is 9.97. The van der Waals surface area contributed by atoms with Crippen molar-refractivity contribution in [3.8, 4) is 0 Å². The summed E-state index contributed by atoms with van der Waals surface area (Å²) in [6.07, 6.45) is 0. The van der Waals surface area contributed by atoms with Crippen molar-refractivity contribution < 1.29 is 4.79 Å². The third kappa shape index (κ3) is 8.66. The van der Waals surface area contributed by atoms with Crippen LogP contribution in [0.3, 0.4) is 0 Å². The quantitative estimate of drug-likeness (QED) is 0.323. The number of carbonyl (C=O) groups excluding carboxylic acids is 1. The molecule has 122 valence electrons. The summed E-state index contributed by atoms with van der Waals surface area (Å²) in [5.74, 6) is 0.608. The number of halogens is 1. The number of rotatable bonds is 6. The molecule has 0 aliphatic carbocycles. The Kier molecular flexibility index (Phi) is 10.3. The van der Waals surface area contributed by atoms with Gasteiger partial charge in [-0.25, -0.2) is 4.99 Å². The maximum absolute atomic E-state index is 11.6. The lowest BCUT2D eigenvalue weighted by Crippen LogP contribution is -2.43. The first-order chi connectivity index (χ1) is 9.99. The second-order valence-corrected chi connectivity index (χ2v) is 5.10. The summed E-state index contributed by atoms with van der Waals surface area (Å²) in [6.45, 7) is 7.18. The van der Waals surface area contributed by atoms with Crippen LogP contribution >= 0.6 is 24.0 Å². The first-order valence-electron chi connectivity index (χ1n) is 6.89. The lowest BCUT2D eigenvalue weighted by molar-refractivity contribution is -0.127. The van der Waals surface area contributed by atoms with E-state index in [1.165, 1.54) is 0 Å². The van der Waals surface area contributed by atoms with Crippen molar-refractivity contribution in [1.29, 1.82) is 0 Å². The molecule has 0 aliphatic heterocycles. The van der Waals surface area contributed by atoms with Crippen molar-refractivity contribution in [2.45, 2.75) is 13.5 Å². The van der Waals surface area contributed by atoms with E-state index >= 15 is 0 Å². The Hall–Kier alpha value is -1.57. The molecule has 0 atom stereocenters. The van der Waals surface area contributed by atoms with Gasteiger partial charge in [-0.05, 0) is 12.5 Å².